The molecule has 8 heteroatoms. The molecular formula is C20H27N5O3. The molecule has 0 fully saturated rings. The van der Waals surface area contributed by atoms with Gasteiger partial charge in [0.2, 0.25) is 5.65 Å². The van der Waals surface area contributed by atoms with Gasteiger partial charge in [-0.2, -0.15) is 0 Å². The van der Waals surface area contributed by atoms with E-state index in [9.17, 15) is 4.79 Å². The van der Waals surface area contributed by atoms with E-state index in [2.05, 4.69) is 15.5 Å². The van der Waals surface area contributed by atoms with Crippen molar-refractivity contribution in [1.82, 2.24) is 19.6 Å². The zero-order chi connectivity index (χ0) is 20.1. The first-order valence-electron chi connectivity index (χ1n) is 9.62. The topological polar surface area (TPSA) is 90.6 Å². The molecule has 0 amide bonds. The van der Waals surface area contributed by atoms with Crippen LogP contribution in [-0.4, -0.2) is 45.3 Å². The maximum Gasteiger partial charge on any atom is 0.306 e. The molecule has 1 aromatic carbocycles. The third-order valence-electron chi connectivity index (χ3n) is 4.41. The van der Waals surface area contributed by atoms with Gasteiger partial charge in [-0.3, -0.25) is 9.20 Å². The van der Waals surface area contributed by atoms with E-state index >= 15 is 0 Å². The number of carbonyl (C=O) groups excluding carboxylic acids is 1. The minimum atomic E-state index is -0.131. The number of rotatable bonds is 9. The average Bonchev–Trinajstić information content (AvgIpc) is 3.05. The normalized spacial score (nSPS) is 11.3. The number of aromatic nitrogens is 4. The highest BCUT2D eigenvalue weighted by Gasteiger charge is 2.13. The third-order valence-corrected chi connectivity index (χ3v) is 4.41. The van der Waals surface area contributed by atoms with Crippen LogP contribution in [0.25, 0.3) is 16.7 Å². The zero-order valence-electron chi connectivity index (χ0n) is 16.9. The van der Waals surface area contributed by atoms with Gasteiger partial charge in [0.05, 0.1) is 24.2 Å². The number of hydrogen-bond acceptors (Lipinski definition) is 7. The van der Waals surface area contributed by atoms with Crippen LogP contribution in [0.2, 0.25) is 0 Å². The molecule has 0 aliphatic heterocycles. The number of esters is 1. The molecular weight excluding hydrogens is 358 g/mol. The molecule has 0 bridgehead atoms. The minimum Gasteiger partial charge on any atom is -0.497 e. The summed E-state index contributed by atoms with van der Waals surface area (Å²) in [5.41, 5.74) is 2.46. The summed E-state index contributed by atoms with van der Waals surface area (Å²) in [6.45, 7) is 6.38. The van der Waals surface area contributed by atoms with Crippen molar-refractivity contribution in [3.8, 4) is 5.75 Å². The van der Waals surface area contributed by atoms with Crippen molar-refractivity contribution in [2.75, 3.05) is 19.0 Å². The van der Waals surface area contributed by atoms with Crippen LogP contribution in [0, 0.1) is 6.92 Å². The predicted octanol–water partition coefficient (Wildman–Crippen LogP) is 3.52. The number of carbonyl (C=O) groups is 1. The highest BCUT2D eigenvalue weighted by atomic mass is 16.5. The molecule has 0 saturated heterocycles. The quantitative estimate of drug-likeness (QED) is 0.445. The standard InChI is InChI=1S/C20H27N5O3/c1-13(2)28-18(26)8-6-5-7-11-21-19-20-24-23-14(3)25(20)17-10-9-15(27-4)12-16(17)22-19/h9-10,12-13H,5-8,11H2,1-4H3,(H,21,22). The molecule has 3 aromatic rings. The van der Waals surface area contributed by atoms with Gasteiger partial charge in [-0.15, -0.1) is 10.2 Å². The van der Waals surface area contributed by atoms with E-state index in [1.807, 2.05) is 43.4 Å². The third kappa shape index (κ3) is 4.49. The summed E-state index contributed by atoms with van der Waals surface area (Å²) < 4.78 is 12.5. The molecule has 150 valence electrons. The van der Waals surface area contributed by atoms with E-state index in [4.69, 9.17) is 14.5 Å². The number of anilines is 1. The van der Waals surface area contributed by atoms with Crippen LogP contribution >= 0.6 is 0 Å². The van der Waals surface area contributed by atoms with Crippen LogP contribution in [0.4, 0.5) is 5.82 Å². The molecule has 1 N–H and O–H groups in total. The molecule has 0 unspecified atom stereocenters. The molecule has 0 spiro atoms. The molecule has 2 heterocycles. The van der Waals surface area contributed by atoms with Gasteiger partial charge in [0.1, 0.15) is 11.6 Å². The number of nitrogens with zero attached hydrogens (tertiary/aromatic N) is 4. The Bertz CT molecular complexity index is 967. The van der Waals surface area contributed by atoms with Crippen molar-refractivity contribution in [1.29, 1.82) is 0 Å². The summed E-state index contributed by atoms with van der Waals surface area (Å²) in [6.07, 6.45) is 3.07. The van der Waals surface area contributed by atoms with Crippen molar-refractivity contribution >= 4 is 28.5 Å². The van der Waals surface area contributed by atoms with E-state index in [0.717, 1.165) is 48.4 Å². The Labute approximate surface area is 164 Å². The number of benzene rings is 1. The molecule has 8 nitrogen and oxygen atoms in total. The maximum atomic E-state index is 11.6. The molecule has 0 aliphatic rings. The molecule has 0 atom stereocenters. The fourth-order valence-corrected chi connectivity index (χ4v) is 3.10. The molecule has 28 heavy (non-hydrogen) atoms. The van der Waals surface area contributed by atoms with Crippen molar-refractivity contribution in [3.63, 3.8) is 0 Å². The van der Waals surface area contributed by atoms with E-state index in [-0.39, 0.29) is 12.1 Å². The maximum absolute atomic E-state index is 11.6. The molecule has 0 radical (unpaired) electrons. The number of ether oxygens (including phenoxy) is 2. The number of aryl methyl sites for hydroxylation is 1. The molecule has 3 rings (SSSR count). The van der Waals surface area contributed by atoms with Gasteiger partial charge in [0.25, 0.3) is 0 Å². The van der Waals surface area contributed by atoms with Crippen molar-refractivity contribution < 1.29 is 14.3 Å². The highest BCUT2D eigenvalue weighted by Crippen LogP contribution is 2.25. The van der Waals surface area contributed by atoms with Crippen LogP contribution in [0.15, 0.2) is 18.2 Å². The van der Waals surface area contributed by atoms with Crippen LogP contribution < -0.4 is 10.1 Å². The van der Waals surface area contributed by atoms with Crippen LogP contribution in [0.1, 0.15) is 45.4 Å². The van der Waals surface area contributed by atoms with Crippen LogP contribution in [0.5, 0.6) is 5.75 Å². The van der Waals surface area contributed by atoms with E-state index < -0.39 is 0 Å². The number of nitrogens with one attached hydrogen (secondary N) is 1. The summed E-state index contributed by atoms with van der Waals surface area (Å²) in [5, 5.41) is 11.8. The van der Waals surface area contributed by atoms with Crippen molar-refractivity contribution in [2.24, 2.45) is 0 Å². The van der Waals surface area contributed by atoms with E-state index in [1.54, 1.807) is 7.11 Å². The van der Waals surface area contributed by atoms with Crippen molar-refractivity contribution in [2.45, 2.75) is 52.6 Å². The second-order valence-electron chi connectivity index (χ2n) is 7.00. The Morgan fingerprint density at radius 1 is 1.21 bits per heavy atom. The second kappa shape index (κ2) is 8.86. The van der Waals surface area contributed by atoms with Gasteiger partial charge in [-0.1, -0.05) is 6.42 Å². The highest BCUT2D eigenvalue weighted by molar-refractivity contribution is 5.84. The summed E-state index contributed by atoms with van der Waals surface area (Å²) >= 11 is 0. The summed E-state index contributed by atoms with van der Waals surface area (Å²) in [4.78, 5) is 16.3. The molecule has 0 saturated carbocycles. The number of methoxy groups -OCH3 is 1. The second-order valence-corrected chi connectivity index (χ2v) is 7.00. The van der Waals surface area contributed by atoms with Gasteiger partial charge >= 0.3 is 5.97 Å². The Hall–Kier alpha value is -2.90. The first-order chi connectivity index (χ1) is 13.5. The predicted molar refractivity (Wildman–Crippen MR) is 108 cm³/mol. The van der Waals surface area contributed by atoms with Crippen LogP contribution in [0.3, 0.4) is 0 Å². The fourth-order valence-electron chi connectivity index (χ4n) is 3.10. The minimum absolute atomic E-state index is 0.0548. The number of hydrogen-bond donors (Lipinski definition) is 1. The summed E-state index contributed by atoms with van der Waals surface area (Å²) in [6, 6.07) is 5.77. The Kier molecular flexibility index (Phi) is 6.28. The Morgan fingerprint density at radius 3 is 2.79 bits per heavy atom. The first-order valence-corrected chi connectivity index (χ1v) is 9.62. The van der Waals surface area contributed by atoms with Crippen LogP contribution in [-0.2, 0) is 9.53 Å². The monoisotopic (exact) mass is 385 g/mol. The lowest BCUT2D eigenvalue weighted by atomic mass is 10.2. The lowest BCUT2D eigenvalue weighted by molar-refractivity contribution is -0.147. The zero-order valence-corrected chi connectivity index (χ0v) is 16.9. The van der Waals surface area contributed by atoms with Gasteiger partial charge in [0.15, 0.2) is 5.82 Å². The lowest BCUT2D eigenvalue weighted by Crippen LogP contribution is -2.11. The van der Waals surface area contributed by atoms with Gasteiger partial charge in [0, 0.05) is 19.0 Å². The Morgan fingerprint density at radius 2 is 2.04 bits per heavy atom. The number of fused-ring (bicyclic) bond motifs is 3. The van der Waals surface area contributed by atoms with E-state index in [0.29, 0.717) is 17.9 Å². The Balaban J connectivity index is 1.65. The van der Waals surface area contributed by atoms with Gasteiger partial charge < -0.3 is 14.8 Å². The molecule has 2 aromatic heterocycles. The molecule has 0 aliphatic carbocycles. The summed E-state index contributed by atoms with van der Waals surface area (Å²) in [5.74, 6) is 2.12. The summed E-state index contributed by atoms with van der Waals surface area (Å²) in [7, 11) is 1.64. The van der Waals surface area contributed by atoms with Gasteiger partial charge in [-0.25, -0.2) is 4.98 Å². The lowest BCUT2D eigenvalue weighted by Gasteiger charge is -2.11. The first kappa shape index (κ1) is 19.9. The van der Waals surface area contributed by atoms with Crippen molar-refractivity contribution in [3.05, 3.63) is 24.0 Å². The smallest absolute Gasteiger partial charge is 0.306 e. The van der Waals surface area contributed by atoms with Gasteiger partial charge in [-0.05, 0) is 45.7 Å². The average molecular weight is 385 g/mol. The largest absolute Gasteiger partial charge is 0.497 e. The fraction of sp³-hybridized carbons (Fsp3) is 0.500. The number of unbranched alkanes of at least 4 members (excludes halogenated alkanes) is 2. The SMILES string of the molecule is COc1ccc2c(c1)nc(NCCCCCC(=O)OC(C)C)c1nnc(C)n12. The van der Waals surface area contributed by atoms with E-state index in [1.165, 1.54) is 0 Å².